The van der Waals surface area contributed by atoms with Crippen LogP contribution in [0.5, 0.6) is 0 Å². The van der Waals surface area contributed by atoms with Crippen molar-refractivity contribution < 1.29 is 8.78 Å². The number of guanidine groups is 1. The number of rotatable bonds is 3. The highest BCUT2D eigenvalue weighted by atomic mass is 127. The average molecular weight is 397 g/mol. The van der Waals surface area contributed by atoms with Crippen LogP contribution in [-0.2, 0) is 6.42 Å². The van der Waals surface area contributed by atoms with E-state index in [1.807, 2.05) is 20.8 Å². The fraction of sp³-hybridized carbons (Fsp3) is 0.500. The Bertz CT molecular complexity index is 436. The molecule has 0 atom stereocenters. The molecular formula is C14H22F2IN3. The minimum Gasteiger partial charge on any atom is -0.356 e. The lowest BCUT2D eigenvalue weighted by Crippen LogP contribution is -2.48. The number of nitrogens with one attached hydrogen (secondary N) is 2. The highest BCUT2D eigenvalue weighted by Crippen LogP contribution is 2.12. The monoisotopic (exact) mass is 397 g/mol. The molecule has 0 heterocycles. The topological polar surface area (TPSA) is 36.4 Å². The zero-order valence-electron chi connectivity index (χ0n) is 12.3. The Morgan fingerprint density at radius 3 is 2.20 bits per heavy atom. The smallest absolute Gasteiger partial charge is 0.191 e. The molecule has 0 saturated carbocycles. The van der Waals surface area contributed by atoms with Gasteiger partial charge in [-0.2, -0.15) is 0 Å². The van der Waals surface area contributed by atoms with E-state index in [0.29, 0.717) is 12.5 Å². The third kappa shape index (κ3) is 6.49. The van der Waals surface area contributed by atoms with E-state index in [4.69, 9.17) is 0 Å². The molecule has 0 aliphatic heterocycles. The van der Waals surface area contributed by atoms with Crippen LogP contribution in [0.15, 0.2) is 23.2 Å². The van der Waals surface area contributed by atoms with Crippen LogP contribution >= 0.6 is 24.0 Å². The van der Waals surface area contributed by atoms with Crippen LogP contribution in [0.4, 0.5) is 8.78 Å². The lowest BCUT2D eigenvalue weighted by molar-refractivity contribution is 0.500. The summed E-state index contributed by atoms with van der Waals surface area (Å²) in [6.45, 7) is 6.44. The van der Waals surface area contributed by atoms with Crippen molar-refractivity contribution >= 4 is 29.9 Å². The van der Waals surface area contributed by atoms with Gasteiger partial charge in [-0.1, -0.05) is 6.07 Å². The molecule has 0 saturated heterocycles. The summed E-state index contributed by atoms with van der Waals surface area (Å²) in [5.74, 6) is -0.412. The van der Waals surface area contributed by atoms with Crippen LogP contribution in [0.2, 0.25) is 0 Å². The molecule has 114 valence electrons. The fourth-order valence-electron chi connectivity index (χ4n) is 1.61. The van der Waals surface area contributed by atoms with Gasteiger partial charge in [-0.25, -0.2) is 8.78 Å². The Morgan fingerprint density at radius 2 is 1.75 bits per heavy atom. The van der Waals surface area contributed by atoms with Crippen LogP contribution in [-0.4, -0.2) is 25.1 Å². The minimum atomic E-state index is -0.513. The Kier molecular flexibility index (Phi) is 8.00. The molecule has 0 amide bonds. The van der Waals surface area contributed by atoms with E-state index in [1.165, 1.54) is 18.2 Å². The van der Waals surface area contributed by atoms with E-state index in [-0.39, 0.29) is 41.5 Å². The summed E-state index contributed by atoms with van der Waals surface area (Å²) in [4.78, 5) is 4.06. The molecule has 0 fully saturated rings. The third-order valence-electron chi connectivity index (χ3n) is 2.45. The number of aliphatic imine (C=N–C) groups is 1. The van der Waals surface area contributed by atoms with E-state index >= 15 is 0 Å². The van der Waals surface area contributed by atoms with Gasteiger partial charge in [0.05, 0.1) is 0 Å². The van der Waals surface area contributed by atoms with Crippen molar-refractivity contribution in [2.24, 2.45) is 4.99 Å². The number of halogens is 3. The first-order valence-corrected chi connectivity index (χ1v) is 6.25. The van der Waals surface area contributed by atoms with Gasteiger partial charge in [0.2, 0.25) is 0 Å². The quantitative estimate of drug-likeness (QED) is 0.467. The zero-order chi connectivity index (χ0) is 14.5. The predicted octanol–water partition coefficient (Wildman–Crippen LogP) is 3.09. The standard InChI is InChI=1S/C14H21F2N3.HI/c1-14(2,3)19-13(17-4)18-9-8-10-11(15)6-5-7-12(10)16;/h5-7H,8-9H2,1-4H3,(H2,17,18,19);1H. The zero-order valence-corrected chi connectivity index (χ0v) is 14.6. The van der Waals surface area contributed by atoms with Gasteiger partial charge >= 0.3 is 0 Å². The Morgan fingerprint density at radius 1 is 1.20 bits per heavy atom. The summed E-state index contributed by atoms with van der Waals surface area (Å²) in [6, 6.07) is 3.89. The van der Waals surface area contributed by atoms with Crippen molar-refractivity contribution in [3.8, 4) is 0 Å². The van der Waals surface area contributed by atoms with Crippen LogP contribution in [0.1, 0.15) is 26.3 Å². The van der Waals surface area contributed by atoms with Crippen molar-refractivity contribution in [2.75, 3.05) is 13.6 Å². The Labute approximate surface area is 136 Å². The van der Waals surface area contributed by atoms with E-state index in [2.05, 4.69) is 15.6 Å². The van der Waals surface area contributed by atoms with E-state index in [1.54, 1.807) is 7.05 Å². The first-order valence-electron chi connectivity index (χ1n) is 6.25. The van der Waals surface area contributed by atoms with Gasteiger partial charge in [0.15, 0.2) is 5.96 Å². The molecule has 0 unspecified atom stereocenters. The molecule has 3 nitrogen and oxygen atoms in total. The summed E-state index contributed by atoms with van der Waals surface area (Å²) < 4.78 is 26.8. The Hall–Kier alpha value is -0.920. The second-order valence-electron chi connectivity index (χ2n) is 5.32. The van der Waals surface area contributed by atoms with Gasteiger partial charge in [-0.05, 0) is 39.3 Å². The second-order valence-corrected chi connectivity index (χ2v) is 5.32. The van der Waals surface area contributed by atoms with E-state index < -0.39 is 11.6 Å². The van der Waals surface area contributed by atoms with Gasteiger partial charge < -0.3 is 10.6 Å². The Balaban J connectivity index is 0.00000361. The molecular weight excluding hydrogens is 375 g/mol. The van der Waals surface area contributed by atoms with Crippen LogP contribution in [0, 0.1) is 11.6 Å². The number of hydrogen-bond acceptors (Lipinski definition) is 1. The van der Waals surface area contributed by atoms with Gasteiger partial charge in [-0.15, -0.1) is 24.0 Å². The third-order valence-corrected chi connectivity index (χ3v) is 2.45. The predicted molar refractivity (Wildman–Crippen MR) is 89.7 cm³/mol. The average Bonchev–Trinajstić information content (AvgIpc) is 2.30. The molecule has 0 bridgehead atoms. The normalized spacial score (nSPS) is 11.8. The SMILES string of the molecule is CN=C(NCCc1c(F)cccc1F)NC(C)(C)C.I. The lowest BCUT2D eigenvalue weighted by Gasteiger charge is -2.23. The summed E-state index contributed by atoms with van der Waals surface area (Å²) in [5.41, 5.74) is -0.0216. The van der Waals surface area contributed by atoms with Gasteiger partial charge in [0, 0.05) is 24.7 Å². The van der Waals surface area contributed by atoms with E-state index in [0.717, 1.165) is 0 Å². The molecule has 0 spiro atoms. The fourth-order valence-corrected chi connectivity index (χ4v) is 1.61. The molecule has 1 aromatic rings. The molecule has 20 heavy (non-hydrogen) atoms. The first kappa shape index (κ1) is 19.1. The van der Waals surface area contributed by atoms with E-state index in [9.17, 15) is 8.78 Å². The summed E-state index contributed by atoms with van der Waals surface area (Å²) in [5, 5.41) is 6.21. The van der Waals surface area contributed by atoms with Crippen molar-refractivity contribution in [1.29, 1.82) is 0 Å². The second kappa shape index (κ2) is 8.39. The molecule has 0 radical (unpaired) electrons. The number of benzene rings is 1. The molecule has 0 aliphatic carbocycles. The molecule has 6 heteroatoms. The summed E-state index contributed by atoms with van der Waals surface area (Å²) in [6.07, 6.45) is 0.267. The van der Waals surface area contributed by atoms with Crippen LogP contribution in [0.25, 0.3) is 0 Å². The van der Waals surface area contributed by atoms with Gasteiger partial charge in [0.1, 0.15) is 11.6 Å². The molecule has 2 N–H and O–H groups in total. The highest BCUT2D eigenvalue weighted by molar-refractivity contribution is 14.0. The lowest BCUT2D eigenvalue weighted by atomic mass is 10.1. The molecule has 0 aromatic heterocycles. The van der Waals surface area contributed by atoms with Crippen molar-refractivity contribution in [3.05, 3.63) is 35.4 Å². The summed E-state index contributed by atoms with van der Waals surface area (Å²) >= 11 is 0. The molecule has 1 rings (SSSR count). The number of nitrogens with zero attached hydrogens (tertiary/aromatic N) is 1. The summed E-state index contributed by atoms with van der Waals surface area (Å²) in [7, 11) is 1.66. The maximum absolute atomic E-state index is 13.4. The van der Waals surface area contributed by atoms with Crippen molar-refractivity contribution in [3.63, 3.8) is 0 Å². The maximum Gasteiger partial charge on any atom is 0.191 e. The van der Waals surface area contributed by atoms with Gasteiger partial charge in [-0.3, -0.25) is 4.99 Å². The highest BCUT2D eigenvalue weighted by Gasteiger charge is 2.12. The van der Waals surface area contributed by atoms with Crippen molar-refractivity contribution in [2.45, 2.75) is 32.7 Å². The largest absolute Gasteiger partial charge is 0.356 e. The van der Waals surface area contributed by atoms with Crippen LogP contribution in [0.3, 0.4) is 0 Å². The molecule has 1 aromatic carbocycles. The molecule has 0 aliphatic rings. The van der Waals surface area contributed by atoms with Crippen LogP contribution < -0.4 is 10.6 Å². The van der Waals surface area contributed by atoms with Crippen molar-refractivity contribution in [1.82, 2.24) is 10.6 Å². The number of hydrogen-bond donors (Lipinski definition) is 2. The first-order chi connectivity index (χ1) is 8.83. The van der Waals surface area contributed by atoms with Gasteiger partial charge in [0.25, 0.3) is 0 Å². The maximum atomic E-state index is 13.4. The minimum absolute atomic E-state index is 0.